The molecule has 4 rings (SSSR count). The van der Waals surface area contributed by atoms with Crippen LogP contribution < -0.4 is 20.0 Å². The van der Waals surface area contributed by atoms with Crippen molar-refractivity contribution in [2.24, 2.45) is 0 Å². The molecule has 0 aliphatic rings. The summed E-state index contributed by atoms with van der Waals surface area (Å²) < 4.78 is 17.2. The molecule has 0 aliphatic heterocycles. The van der Waals surface area contributed by atoms with Gasteiger partial charge in [-0.25, -0.2) is 9.78 Å². The molecular formula is C25H27N3O5S. The lowest BCUT2D eigenvalue weighted by atomic mass is 10.1. The summed E-state index contributed by atoms with van der Waals surface area (Å²) in [5, 5.41) is 1.14. The fraction of sp³-hybridized carbons (Fsp3) is 0.320. The number of para-hydroxylation sites is 1. The van der Waals surface area contributed by atoms with Gasteiger partial charge in [0.2, 0.25) is 0 Å². The summed E-state index contributed by atoms with van der Waals surface area (Å²) in [4.78, 5) is 35.0. The number of anilines is 1. The minimum atomic E-state index is -0.673. The number of amides is 1. The number of likely N-dealkylation sites (N-methyl/N-ethyl adjacent to an activating group) is 1. The van der Waals surface area contributed by atoms with Crippen LogP contribution >= 0.6 is 11.3 Å². The van der Waals surface area contributed by atoms with E-state index in [9.17, 15) is 9.59 Å². The summed E-state index contributed by atoms with van der Waals surface area (Å²) in [7, 11) is 3.16. The Bertz CT molecular complexity index is 1340. The number of benzene rings is 2. The van der Waals surface area contributed by atoms with Crippen molar-refractivity contribution < 1.29 is 18.7 Å². The summed E-state index contributed by atoms with van der Waals surface area (Å²) in [6.45, 7) is 6.82. The highest BCUT2D eigenvalue weighted by atomic mass is 32.1. The Morgan fingerprint density at radius 2 is 1.74 bits per heavy atom. The van der Waals surface area contributed by atoms with Gasteiger partial charge in [0.15, 0.2) is 5.13 Å². The first-order chi connectivity index (χ1) is 16.5. The van der Waals surface area contributed by atoms with Crippen molar-refractivity contribution in [2.45, 2.75) is 13.8 Å². The number of hydrogen-bond acceptors (Lipinski definition) is 8. The standard InChI is InChI=1S/C25H27N3O5S/c1-5-27(6-2)13-14-28(23(29)17-15-16-9-7-8-10-18(16)33-24(17)30)25-26-21-19(31-3)11-12-20(32-4)22(21)34-25/h7-12,15H,5-6,13-14H2,1-4H3. The molecule has 0 saturated carbocycles. The number of nitrogens with zero attached hydrogens (tertiary/aromatic N) is 3. The van der Waals surface area contributed by atoms with E-state index >= 15 is 0 Å². The molecule has 9 heteroatoms. The second-order valence-electron chi connectivity index (χ2n) is 7.61. The first kappa shape index (κ1) is 23.7. The molecule has 2 heterocycles. The Morgan fingerprint density at radius 3 is 2.44 bits per heavy atom. The van der Waals surface area contributed by atoms with Crippen LogP contribution in [0.2, 0.25) is 0 Å². The molecule has 1 amide bonds. The first-order valence-electron chi connectivity index (χ1n) is 11.1. The van der Waals surface area contributed by atoms with Gasteiger partial charge in [0.1, 0.15) is 32.9 Å². The van der Waals surface area contributed by atoms with Crippen LogP contribution in [0.25, 0.3) is 21.2 Å². The maximum absolute atomic E-state index is 13.7. The van der Waals surface area contributed by atoms with Crippen molar-refractivity contribution in [3.63, 3.8) is 0 Å². The van der Waals surface area contributed by atoms with Gasteiger partial charge in [0.05, 0.1) is 14.2 Å². The van der Waals surface area contributed by atoms with Crippen molar-refractivity contribution >= 4 is 43.6 Å². The van der Waals surface area contributed by atoms with Gasteiger partial charge in [-0.1, -0.05) is 43.4 Å². The fourth-order valence-electron chi connectivity index (χ4n) is 3.81. The van der Waals surface area contributed by atoms with E-state index in [-0.39, 0.29) is 5.56 Å². The average molecular weight is 482 g/mol. The highest BCUT2D eigenvalue weighted by Gasteiger charge is 2.26. The SMILES string of the molecule is CCN(CC)CCN(C(=O)c1cc2ccccc2oc1=O)c1nc2c(OC)ccc(OC)c2s1. The van der Waals surface area contributed by atoms with E-state index in [1.807, 2.05) is 18.2 Å². The summed E-state index contributed by atoms with van der Waals surface area (Å²) in [5.74, 6) is 0.768. The molecule has 0 N–H and O–H groups in total. The van der Waals surface area contributed by atoms with Crippen LogP contribution in [0.15, 0.2) is 51.7 Å². The van der Waals surface area contributed by atoms with Gasteiger partial charge in [0.25, 0.3) is 5.91 Å². The first-order valence-corrected chi connectivity index (χ1v) is 11.9. The van der Waals surface area contributed by atoms with Gasteiger partial charge in [-0.15, -0.1) is 0 Å². The van der Waals surface area contributed by atoms with Gasteiger partial charge in [-0.3, -0.25) is 9.69 Å². The monoisotopic (exact) mass is 481 g/mol. The normalized spacial score (nSPS) is 11.3. The quantitative estimate of drug-likeness (QED) is 0.327. The molecule has 178 valence electrons. The smallest absolute Gasteiger partial charge is 0.349 e. The molecule has 0 fully saturated rings. The number of hydrogen-bond donors (Lipinski definition) is 0. The molecule has 0 bridgehead atoms. The number of aromatic nitrogens is 1. The zero-order chi connectivity index (χ0) is 24.2. The topological polar surface area (TPSA) is 85.1 Å². The molecule has 2 aromatic heterocycles. The van der Waals surface area contributed by atoms with Gasteiger partial charge < -0.3 is 18.8 Å². The number of carbonyl (C=O) groups is 1. The van der Waals surface area contributed by atoms with E-state index < -0.39 is 11.5 Å². The van der Waals surface area contributed by atoms with Crippen LogP contribution in [0, 0.1) is 0 Å². The van der Waals surface area contributed by atoms with Crippen LogP contribution in [0.3, 0.4) is 0 Å². The predicted molar refractivity (Wildman–Crippen MR) is 135 cm³/mol. The Labute approximate surface area is 201 Å². The van der Waals surface area contributed by atoms with Gasteiger partial charge >= 0.3 is 5.63 Å². The summed E-state index contributed by atoms with van der Waals surface area (Å²) in [6, 6.07) is 12.3. The lowest BCUT2D eigenvalue weighted by molar-refractivity contribution is 0.0980. The summed E-state index contributed by atoms with van der Waals surface area (Å²) in [6.07, 6.45) is 0. The number of thiazole rings is 1. The van der Waals surface area contributed by atoms with Crippen molar-refractivity contribution in [1.82, 2.24) is 9.88 Å². The van der Waals surface area contributed by atoms with Crippen LogP contribution in [-0.2, 0) is 0 Å². The van der Waals surface area contributed by atoms with Crippen LogP contribution in [0.4, 0.5) is 5.13 Å². The second-order valence-corrected chi connectivity index (χ2v) is 8.59. The molecule has 0 spiro atoms. The maximum Gasteiger partial charge on any atom is 0.349 e. The predicted octanol–water partition coefficient (Wildman–Crippen LogP) is 4.41. The molecule has 0 radical (unpaired) electrons. The lowest BCUT2D eigenvalue weighted by Crippen LogP contribution is -2.40. The summed E-state index contributed by atoms with van der Waals surface area (Å²) in [5.41, 5.74) is 0.338. The van der Waals surface area contributed by atoms with E-state index in [0.717, 1.165) is 17.8 Å². The van der Waals surface area contributed by atoms with E-state index in [0.29, 0.717) is 46.2 Å². The lowest BCUT2D eigenvalue weighted by Gasteiger charge is -2.24. The molecule has 0 aliphatic carbocycles. The van der Waals surface area contributed by atoms with Crippen molar-refractivity contribution in [2.75, 3.05) is 45.3 Å². The van der Waals surface area contributed by atoms with Crippen LogP contribution in [-0.4, -0.2) is 56.2 Å². The number of methoxy groups -OCH3 is 2. The number of carbonyl (C=O) groups excluding carboxylic acids is 1. The summed E-state index contributed by atoms with van der Waals surface area (Å²) >= 11 is 1.32. The molecular weight excluding hydrogens is 454 g/mol. The van der Waals surface area contributed by atoms with Crippen LogP contribution in [0.5, 0.6) is 11.5 Å². The number of ether oxygens (including phenoxy) is 2. The van der Waals surface area contributed by atoms with E-state index in [2.05, 4.69) is 18.7 Å². The van der Waals surface area contributed by atoms with E-state index in [1.165, 1.54) is 11.3 Å². The number of rotatable bonds is 9. The van der Waals surface area contributed by atoms with E-state index in [4.69, 9.17) is 18.9 Å². The highest BCUT2D eigenvalue weighted by Crippen LogP contribution is 2.40. The zero-order valence-electron chi connectivity index (χ0n) is 19.7. The zero-order valence-corrected chi connectivity index (χ0v) is 20.5. The third-order valence-electron chi connectivity index (χ3n) is 5.78. The largest absolute Gasteiger partial charge is 0.495 e. The molecule has 0 atom stereocenters. The van der Waals surface area contributed by atoms with Crippen molar-refractivity contribution in [1.29, 1.82) is 0 Å². The van der Waals surface area contributed by atoms with Gasteiger partial charge in [-0.05, 0) is 37.4 Å². The minimum Gasteiger partial charge on any atom is -0.495 e. The molecule has 8 nitrogen and oxygen atoms in total. The second kappa shape index (κ2) is 10.2. The van der Waals surface area contributed by atoms with Gasteiger partial charge in [-0.2, -0.15) is 0 Å². The molecule has 2 aromatic carbocycles. The average Bonchev–Trinajstić information content (AvgIpc) is 3.30. The number of fused-ring (bicyclic) bond motifs is 2. The molecule has 4 aromatic rings. The van der Waals surface area contributed by atoms with Gasteiger partial charge in [0, 0.05) is 18.5 Å². The third kappa shape index (κ3) is 4.49. The highest BCUT2D eigenvalue weighted by molar-refractivity contribution is 7.22. The third-order valence-corrected chi connectivity index (χ3v) is 6.87. The Morgan fingerprint density at radius 1 is 1.03 bits per heavy atom. The van der Waals surface area contributed by atoms with E-state index in [1.54, 1.807) is 43.4 Å². The molecule has 0 saturated heterocycles. The molecule has 0 unspecified atom stereocenters. The minimum absolute atomic E-state index is 0.0311. The Balaban J connectivity index is 1.82. The van der Waals surface area contributed by atoms with Crippen molar-refractivity contribution in [3.05, 3.63) is 58.4 Å². The van der Waals surface area contributed by atoms with Crippen LogP contribution in [0.1, 0.15) is 24.2 Å². The molecule has 34 heavy (non-hydrogen) atoms. The Hall–Kier alpha value is -3.43. The maximum atomic E-state index is 13.7. The van der Waals surface area contributed by atoms with Crippen molar-refractivity contribution in [3.8, 4) is 11.5 Å². The Kier molecular flexibility index (Phi) is 7.14. The fourth-order valence-corrected chi connectivity index (χ4v) is 4.91.